The molecular formula is C52H104N6O6. The van der Waals surface area contributed by atoms with Crippen LogP contribution < -0.4 is 10.6 Å². The predicted octanol–water partition coefficient (Wildman–Crippen LogP) is 9.48. The molecule has 0 spiro atoms. The number of unbranched alkanes of at least 4 members (excludes halogenated alkanes) is 20. The van der Waals surface area contributed by atoms with E-state index in [1.165, 1.54) is 103 Å². The largest absolute Gasteiger partial charge is 0.377 e. The van der Waals surface area contributed by atoms with Crippen LogP contribution in [0.1, 0.15) is 196 Å². The molecular weight excluding hydrogens is 805 g/mol. The Kier molecular flexibility index (Phi) is 40.6. The van der Waals surface area contributed by atoms with Crippen LogP contribution in [0.2, 0.25) is 0 Å². The van der Waals surface area contributed by atoms with Crippen molar-refractivity contribution in [1.82, 2.24) is 30.2 Å². The summed E-state index contributed by atoms with van der Waals surface area (Å²) in [5, 5.41) is 6.03. The minimum Gasteiger partial charge on any atom is -0.377 e. The highest BCUT2D eigenvalue weighted by molar-refractivity contribution is 5.88. The Hall–Kier alpha value is -2.28. The van der Waals surface area contributed by atoms with Crippen LogP contribution in [0.25, 0.3) is 0 Å². The maximum atomic E-state index is 13.5. The molecule has 0 aromatic carbocycles. The fourth-order valence-electron chi connectivity index (χ4n) is 8.25. The van der Waals surface area contributed by atoms with E-state index < -0.39 is 12.1 Å². The predicted molar refractivity (Wildman–Crippen MR) is 268 cm³/mol. The molecule has 12 heteroatoms. The molecule has 2 unspecified atom stereocenters. The minimum atomic E-state index is -0.540. The van der Waals surface area contributed by atoms with E-state index in [9.17, 15) is 19.2 Å². The molecule has 4 amide bonds. The topological polar surface area (TPSA) is 124 Å². The fourth-order valence-corrected chi connectivity index (χ4v) is 8.25. The summed E-state index contributed by atoms with van der Waals surface area (Å²) >= 11 is 0. The third-order valence-corrected chi connectivity index (χ3v) is 12.1. The number of carbonyl (C=O) groups is 4. The lowest BCUT2D eigenvalue weighted by molar-refractivity contribution is -0.142. The average Bonchev–Trinajstić information content (AvgIpc) is 3.24. The number of likely N-dealkylation sites (N-methyl/N-ethyl adjacent to an activating group) is 2. The number of hydrogen-bond donors (Lipinski definition) is 2. The zero-order valence-corrected chi connectivity index (χ0v) is 43.6. The Bertz CT molecular complexity index is 1050. The van der Waals surface area contributed by atoms with E-state index in [4.69, 9.17) is 9.47 Å². The van der Waals surface area contributed by atoms with Crippen LogP contribution in [-0.4, -0.2) is 149 Å². The molecule has 0 aromatic rings. The molecule has 0 aliphatic rings. The third-order valence-electron chi connectivity index (χ3n) is 12.1. The maximum absolute atomic E-state index is 13.5. The maximum Gasteiger partial charge on any atom is 0.243 e. The van der Waals surface area contributed by atoms with E-state index in [0.717, 1.165) is 38.5 Å². The molecule has 378 valence electrons. The number of carbonyl (C=O) groups excluding carboxylic acids is 4. The quantitative estimate of drug-likeness (QED) is 0.0580. The summed E-state index contributed by atoms with van der Waals surface area (Å²) < 4.78 is 11.5. The molecule has 0 heterocycles. The molecule has 0 bridgehead atoms. The third kappa shape index (κ3) is 33.2. The van der Waals surface area contributed by atoms with Crippen LogP contribution in [0, 0.1) is 11.8 Å². The van der Waals surface area contributed by atoms with E-state index in [2.05, 4.69) is 34.3 Å². The fraction of sp³-hybridized carbons (Fsp3) is 0.923. The van der Waals surface area contributed by atoms with Crippen molar-refractivity contribution in [3.63, 3.8) is 0 Å². The zero-order valence-electron chi connectivity index (χ0n) is 43.6. The number of amides is 4. The van der Waals surface area contributed by atoms with Crippen molar-refractivity contribution in [2.75, 3.05) is 93.9 Å². The van der Waals surface area contributed by atoms with Gasteiger partial charge in [-0.05, 0) is 52.9 Å². The first kappa shape index (κ1) is 61.7. The van der Waals surface area contributed by atoms with Crippen LogP contribution >= 0.6 is 0 Å². The minimum absolute atomic E-state index is 0.0325. The van der Waals surface area contributed by atoms with Gasteiger partial charge in [0.05, 0.1) is 26.4 Å². The van der Waals surface area contributed by atoms with Gasteiger partial charge >= 0.3 is 0 Å². The average molecular weight is 909 g/mol. The van der Waals surface area contributed by atoms with E-state index in [1.807, 2.05) is 55.9 Å². The summed E-state index contributed by atoms with van der Waals surface area (Å²) in [6.45, 7) is 17.0. The lowest BCUT2D eigenvalue weighted by atomic mass is 10.00. The summed E-state index contributed by atoms with van der Waals surface area (Å²) in [7, 11) is 7.95. The highest BCUT2D eigenvalue weighted by Gasteiger charge is 2.33. The van der Waals surface area contributed by atoms with E-state index in [0.29, 0.717) is 78.5 Å². The van der Waals surface area contributed by atoms with Gasteiger partial charge in [-0.15, -0.1) is 0 Å². The number of ether oxygens (including phenoxy) is 2. The Morgan fingerprint density at radius 3 is 0.953 bits per heavy atom. The lowest BCUT2D eigenvalue weighted by Gasteiger charge is -2.34. The van der Waals surface area contributed by atoms with Crippen molar-refractivity contribution in [2.45, 2.75) is 208 Å². The van der Waals surface area contributed by atoms with Gasteiger partial charge in [0.15, 0.2) is 0 Å². The number of rotatable bonds is 45. The first-order valence-corrected chi connectivity index (χ1v) is 26.4. The first-order valence-electron chi connectivity index (χ1n) is 26.4. The van der Waals surface area contributed by atoms with Crippen molar-refractivity contribution in [3.8, 4) is 0 Å². The molecule has 0 fully saturated rings. The molecule has 2 N–H and O–H groups in total. The molecule has 0 aliphatic carbocycles. The highest BCUT2D eigenvalue weighted by atomic mass is 16.5. The molecule has 2 atom stereocenters. The van der Waals surface area contributed by atoms with Gasteiger partial charge in [-0.1, -0.05) is 170 Å². The van der Waals surface area contributed by atoms with Crippen molar-refractivity contribution in [2.24, 2.45) is 11.8 Å². The normalized spacial score (nSPS) is 12.7. The number of nitrogens with one attached hydrogen (secondary N) is 2. The second-order valence-corrected chi connectivity index (χ2v) is 19.5. The van der Waals surface area contributed by atoms with Crippen LogP contribution in [0.4, 0.5) is 0 Å². The molecule has 0 saturated heterocycles. The van der Waals surface area contributed by atoms with Gasteiger partial charge in [0.25, 0.3) is 0 Å². The molecule has 0 aromatic heterocycles. The second-order valence-electron chi connectivity index (χ2n) is 19.5. The Labute approximate surface area is 394 Å². The van der Waals surface area contributed by atoms with E-state index in [-0.39, 0.29) is 35.5 Å². The molecule has 0 rings (SSSR count). The Morgan fingerprint density at radius 2 is 0.688 bits per heavy atom. The molecule has 0 aliphatic heterocycles. The summed E-state index contributed by atoms with van der Waals surface area (Å²) in [5.41, 5.74) is 0. The lowest BCUT2D eigenvalue weighted by Crippen LogP contribution is -2.54. The van der Waals surface area contributed by atoms with Crippen LogP contribution in [0.5, 0.6) is 0 Å². The molecule has 64 heavy (non-hydrogen) atoms. The molecule has 0 saturated carbocycles. The molecule has 12 nitrogen and oxygen atoms in total. The van der Waals surface area contributed by atoms with Crippen molar-refractivity contribution in [3.05, 3.63) is 0 Å². The van der Waals surface area contributed by atoms with Gasteiger partial charge in [0.1, 0.15) is 12.1 Å². The summed E-state index contributed by atoms with van der Waals surface area (Å²) in [6.07, 6.45) is 28.1. The van der Waals surface area contributed by atoms with Gasteiger partial charge in [0, 0.05) is 52.1 Å². The zero-order chi connectivity index (χ0) is 47.8. The van der Waals surface area contributed by atoms with Crippen LogP contribution in [-0.2, 0) is 28.7 Å². The standard InChI is InChI=1S/C52H104N6O6/c1-11-13-15-17-19-21-23-25-27-29-31-33-47(59)57(39-37-55(7)8)49(45(3)4)51(61)53-35-41-63-43-44-64-42-36-54-52(62)50(46(5)6)58(40-38-56(9)10)48(60)34-32-30-28-26-24-22-20-18-16-14-12-2/h45-46,49-50H,11-44H2,1-10H3,(H,53,61)(H,54,62). The monoisotopic (exact) mass is 909 g/mol. The van der Waals surface area contributed by atoms with Gasteiger partial charge in [0.2, 0.25) is 23.6 Å². The smallest absolute Gasteiger partial charge is 0.243 e. The Morgan fingerprint density at radius 1 is 0.406 bits per heavy atom. The van der Waals surface area contributed by atoms with Crippen LogP contribution in [0.15, 0.2) is 0 Å². The summed E-state index contributed by atoms with van der Waals surface area (Å²) in [6, 6.07) is -1.08. The highest BCUT2D eigenvalue weighted by Crippen LogP contribution is 2.18. The van der Waals surface area contributed by atoms with Gasteiger partial charge in [-0.25, -0.2) is 0 Å². The number of nitrogens with zero attached hydrogens (tertiary/aromatic N) is 4. The van der Waals surface area contributed by atoms with E-state index in [1.54, 1.807) is 9.80 Å². The van der Waals surface area contributed by atoms with Crippen molar-refractivity contribution >= 4 is 23.6 Å². The second kappa shape index (κ2) is 42.1. The van der Waals surface area contributed by atoms with E-state index >= 15 is 0 Å². The Balaban J connectivity index is 4.70. The van der Waals surface area contributed by atoms with Crippen molar-refractivity contribution < 1.29 is 28.7 Å². The van der Waals surface area contributed by atoms with Crippen molar-refractivity contribution in [1.29, 1.82) is 0 Å². The van der Waals surface area contributed by atoms with Gasteiger partial charge in [-0.3, -0.25) is 19.2 Å². The van der Waals surface area contributed by atoms with Gasteiger partial charge < -0.3 is 39.7 Å². The summed E-state index contributed by atoms with van der Waals surface area (Å²) in [4.78, 5) is 61.8. The van der Waals surface area contributed by atoms with Crippen LogP contribution in [0.3, 0.4) is 0 Å². The SMILES string of the molecule is CCCCCCCCCCCCCC(=O)N(CCN(C)C)C(C(=O)NCCOCCOCCNC(=O)C(C(C)C)N(CCN(C)C)C(=O)CCCCCCCCCCCCC)C(C)C. The molecule has 0 radical (unpaired) electrons. The van der Waals surface area contributed by atoms with Gasteiger partial charge in [-0.2, -0.15) is 0 Å². The number of hydrogen-bond acceptors (Lipinski definition) is 8. The summed E-state index contributed by atoms with van der Waals surface area (Å²) in [5.74, 6) is -0.244. The first-order chi connectivity index (χ1) is 30.8.